The molecule has 0 aromatic carbocycles. The monoisotopic (exact) mass is 332 g/mol. The summed E-state index contributed by atoms with van der Waals surface area (Å²) in [4.78, 5) is 36.0. The Morgan fingerprint density at radius 3 is 2.57 bits per heavy atom. The Bertz CT molecular complexity index is 655. The van der Waals surface area contributed by atoms with Gasteiger partial charge in [-0.3, -0.25) is 4.79 Å². The summed E-state index contributed by atoms with van der Waals surface area (Å²) in [6.07, 6.45) is 3.40. The molecule has 3 heterocycles. The SMILES string of the molecule is O=C(OCC(=O)N1CCN(c2ncccn2)CC1)c1ccsc1. The highest BCUT2D eigenvalue weighted by atomic mass is 32.1. The number of carbonyl (C=O) groups excluding carboxylic acids is 2. The van der Waals surface area contributed by atoms with Crippen molar-refractivity contribution >= 4 is 29.2 Å². The molecular weight excluding hydrogens is 316 g/mol. The molecule has 1 aliphatic heterocycles. The zero-order chi connectivity index (χ0) is 16.1. The molecule has 3 rings (SSSR count). The van der Waals surface area contributed by atoms with Gasteiger partial charge in [0.05, 0.1) is 5.56 Å². The minimum atomic E-state index is -0.462. The van der Waals surface area contributed by atoms with Gasteiger partial charge < -0.3 is 14.5 Å². The average Bonchev–Trinajstić information content (AvgIpc) is 3.15. The van der Waals surface area contributed by atoms with Gasteiger partial charge in [-0.25, -0.2) is 14.8 Å². The van der Waals surface area contributed by atoms with Gasteiger partial charge in [0.15, 0.2) is 6.61 Å². The molecule has 2 aromatic rings. The Balaban J connectivity index is 1.46. The molecule has 1 saturated heterocycles. The highest BCUT2D eigenvalue weighted by molar-refractivity contribution is 7.08. The van der Waals surface area contributed by atoms with Crippen molar-refractivity contribution in [1.29, 1.82) is 0 Å². The molecule has 1 fully saturated rings. The van der Waals surface area contributed by atoms with E-state index in [2.05, 4.69) is 9.97 Å². The highest BCUT2D eigenvalue weighted by Gasteiger charge is 2.23. The van der Waals surface area contributed by atoms with Crippen molar-refractivity contribution in [3.8, 4) is 0 Å². The van der Waals surface area contributed by atoms with Crippen molar-refractivity contribution in [3.63, 3.8) is 0 Å². The molecule has 0 atom stereocenters. The number of nitrogens with zero attached hydrogens (tertiary/aromatic N) is 4. The molecule has 120 valence electrons. The van der Waals surface area contributed by atoms with E-state index in [1.807, 2.05) is 4.90 Å². The van der Waals surface area contributed by atoms with Crippen LogP contribution in [0.1, 0.15) is 10.4 Å². The number of esters is 1. The van der Waals surface area contributed by atoms with Gasteiger partial charge in [-0.15, -0.1) is 0 Å². The predicted octanol–water partition coefficient (Wildman–Crippen LogP) is 1.04. The Morgan fingerprint density at radius 2 is 1.91 bits per heavy atom. The maximum absolute atomic E-state index is 12.1. The maximum Gasteiger partial charge on any atom is 0.339 e. The zero-order valence-electron chi connectivity index (χ0n) is 12.4. The molecule has 8 heteroatoms. The minimum absolute atomic E-state index is 0.179. The maximum atomic E-state index is 12.1. The number of ether oxygens (including phenoxy) is 1. The third kappa shape index (κ3) is 3.84. The fraction of sp³-hybridized carbons (Fsp3) is 0.333. The van der Waals surface area contributed by atoms with Gasteiger partial charge in [-0.05, 0) is 17.5 Å². The Kier molecular flexibility index (Phi) is 4.82. The summed E-state index contributed by atoms with van der Waals surface area (Å²) in [5.41, 5.74) is 0.480. The van der Waals surface area contributed by atoms with Crippen LogP contribution in [0.4, 0.5) is 5.95 Å². The average molecular weight is 332 g/mol. The number of piperazine rings is 1. The first-order valence-corrected chi connectivity index (χ1v) is 8.17. The van der Waals surface area contributed by atoms with Crippen LogP contribution < -0.4 is 4.90 Å². The lowest BCUT2D eigenvalue weighted by molar-refractivity contribution is -0.134. The van der Waals surface area contributed by atoms with Gasteiger partial charge in [0, 0.05) is 44.0 Å². The van der Waals surface area contributed by atoms with Crippen LogP contribution in [0.5, 0.6) is 0 Å². The number of amides is 1. The molecule has 1 aliphatic rings. The van der Waals surface area contributed by atoms with Crippen molar-refractivity contribution in [1.82, 2.24) is 14.9 Å². The van der Waals surface area contributed by atoms with Crippen LogP contribution in [0.15, 0.2) is 35.3 Å². The van der Waals surface area contributed by atoms with Crippen LogP contribution in [-0.4, -0.2) is 59.5 Å². The van der Waals surface area contributed by atoms with Crippen molar-refractivity contribution in [2.45, 2.75) is 0 Å². The van der Waals surface area contributed by atoms with Gasteiger partial charge in [-0.2, -0.15) is 11.3 Å². The van der Waals surface area contributed by atoms with E-state index in [0.717, 1.165) is 0 Å². The van der Waals surface area contributed by atoms with E-state index in [0.29, 0.717) is 37.7 Å². The summed E-state index contributed by atoms with van der Waals surface area (Å²) in [7, 11) is 0. The number of hydrogen-bond donors (Lipinski definition) is 0. The Labute approximate surface area is 137 Å². The van der Waals surface area contributed by atoms with E-state index < -0.39 is 5.97 Å². The number of aromatic nitrogens is 2. The fourth-order valence-corrected chi connectivity index (χ4v) is 2.92. The first kappa shape index (κ1) is 15.4. The Hall–Kier alpha value is -2.48. The van der Waals surface area contributed by atoms with Gasteiger partial charge in [-0.1, -0.05) is 0 Å². The van der Waals surface area contributed by atoms with E-state index in [1.54, 1.807) is 40.2 Å². The molecule has 0 aliphatic carbocycles. The first-order valence-electron chi connectivity index (χ1n) is 7.23. The minimum Gasteiger partial charge on any atom is -0.452 e. The molecule has 0 N–H and O–H groups in total. The number of hydrogen-bond acceptors (Lipinski definition) is 7. The van der Waals surface area contributed by atoms with Gasteiger partial charge >= 0.3 is 5.97 Å². The lowest BCUT2D eigenvalue weighted by Gasteiger charge is -2.34. The first-order chi connectivity index (χ1) is 11.2. The second-order valence-corrected chi connectivity index (χ2v) is 5.78. The van der Waals surface area contributed by atoms with Crippen LogP contribution in [0.2, 0.25) is 0 Å². The van der Waals surface area contributed by atoms with Gasteiger partial charge in [0.2, 0.25) is 5.95 Å². The molecule has 0 spiro atoms. The summed E-state index contributed by atoms with van der Waals surface area (Å²) in [5.74, 6) is 0.0293. The van der Waals surface area contributed by atoms with Crippen molar-refractivity contribution < 1.29 is 14.3 Å². The number of anilines is 1. The standard InChI is InChI=1S/C15H16N4O3S/c20-13(10-22-14(21)12-2-9-23-11-12)18-5-7-19(8-6-18)15-16-3-1-4-17-15/h1-4,9,11H,5-8,10H2. The van der Waals surface area contributed by atoms with Gasteiger partial charge in [0.25, 0.3) is 5.91 Å². The predicted molar refractivity (Wildman–Crippen MR) is 85.4 cm³/mol. The summed E-state index contributed by atoms with van der Waals surface area (Å²) in [6.45, 7) is 2.22. The van der Waals surface area contributed by atoms with Crippen molar-refractivity contribution in [2.24, 2.45) is 0 Å². The highest BCUT2D eigenvalue weighted by Crippen LogP contribution is 2.11. The normalized spacial score (nSPS) is 14.6. The van der Waals surface area contributed by atoms with Crippen molar-refractivity contribution in [2.75, 3.05) is 37.7 Å². The van der Waals surface area contributed by atoms with Crippen LogP contribution in [0, 0.1) is 0 Å². The van der Waals surface area contributed by atoms with Crippen LogP contribution in [0.3, 0.4) is 0 Å². The molecule has 0 unspecified atom stereocenters. The molecule has 2 aromatic heterocycles. The van der Waals surface area contributed by atoms with E-state index >= 15 is 0 Å². The molecule has 0 bridgehead atoms. The van der Waals surface area contributed by atoms with Crippen LogP contribution in [0.25, 0.3) is 0 Å². The summed E-state index contributed by atoms with van der Waals surface area (Å²) in [6, 6.07) is 3.45. The summed E-state index contributed by atoms with van der Waals surface area (Å²) >= 11 is 1.41. The zero-order valence-corrected chi connectivity index (χ0v) is 13.2. The molecule has 1 amide bonds. The second-order valence-electron chi connectivity index (χ2n) is 5.00. The number of thiophene rings is 1. The molecule has 0 saturated carbocycles. The summed E-state index contributed by atoms with van der Waals surface area (Å²) in [5, 5.41) is 3.49. The third-order valence-electron chi connectivity index (χ3n) is 3.55. The number of carbonyl (C=O) groups is 2. The lowest BCUT2D eigenvalue weighted by Crippen LogP contribution is -2.50. The van der Waals surface area contributed by atoms with Crippen molar-refractivity contribution in [3.05, 3.63) is 40.8 Å². The van der Waals surface area contributed by atoms with E-state index in [-0.39, 0.29) is 12.5 Å². The quantitative estimate of drug-likeness (QED) is 0.779. The van der Waals surface area contributed by atoms with E-state index in [9.17, 15) is 9.59 Å². The van der Waals surface area contributed by atoms with Crippen LogP contribution in [-0.2, 0) is 9.53 Å². The largest absolute Gasteiger partial charge is 0.452 e. The van der Waals surface area contributed by atoms with Crippen LogP contribution >= 0.6 is 11.3 Å². The third-order valence-corrected chi connectivity index (χ3v) is 4.23. The van der Waals surface area contributed by atoms with E-state index in [4.69, 9.17) is 4.74 Å². The molecule has 23 heavy (non-hydrogen) atoms. The smallest absolute Gasteiger partial charge is 0.339 e. The molecular formula is C15H16N4O3S. The lowest BCUT2D eigenvalue weighted by atomic mass is 10.3. The summed E-state index contributed by atoms with van der Waals surface area (Å²) < 4.78 is 5.05. The number of rotatable bonds is 4. The molecule has 7 nitrogen and oxygen atoms in total. The molecule has 0 radical (unpaired) electrons. The Morgan fingerprint density at radius 1 is 1.17 bits per heavy atom. The fourth-order valence-electron chi connectivity index (χ4n) is 2.29. The second kappa shape index (κ2) is 7.19. The topological polar surface area (TPSA) is 75.6 Å². The van der Waals surface area contributed by atoms with E-state index in [1.165, 1.54) is 11.3 Å². The van der Waals surface area contributed by atoms with Gasteiger partial charge in [0.1, 0.15) is 0 Å².